The number of aromatic amines is 1. The molecule has 1 heterocycles. The number of hydrogen-bond donors (Lipinski definition) is 22. The number of amides is 13. The van der Waals surface area contributed by atoms with Crippen molar-refractivity contribution in [1.29, 1.82) is 0 Å². The Hall–Kier alpha value is -10.5. The summed E-state index contributed by atoms with van der Waals surface area (Å²) in [4.78, 5) is 199. The second kappa shape index (κ2) is 47.8. The number of para-hydroxylation sites is 1. The third-order valence-electron chi connectivity index (χ3n) is 18.3. The Morgan fingerprint density at radius 1 is 0.381 bits per heavy atom. The second-order valence-electron chi connectivity index (χ2n) is 27.8. The topological polar surface area (TPSA) is 550 Å². The maximum absolute atomic E-state index is 15.3. The molecule has 13 amide bonds. The summed E-state index contributed by atoms with van der Waals surface area (Å²) in [6.07, 6.45) is 0.645. The van der Waals surface area contributed by atoms with Gasteiger partial charge in [-0.1, -0.05) is 123 Å². The van der Waals surface area contributed by atoms with Crippen LogP contribution in [0, 0.1) is 5.92 Å². The van der Waals surface area contributed by atoms with Crippen LogP contribution in [0.15, 0.2) is 121 Å². The van der Waals surface area contributed by atoms with Gasteiger partial charge in [0.1, 0.15) is 78.5 Å². The zero-order valence-corrected chi connectivity index (χ0v) is 65.9. The number of rotatable bonds is 48. The number of aromatic nitrogens is 1. The Labute approximate surface area is 666 Å². The maximum Gasteiger partial charge on any atom is 0.327 e. The van der Waals surface area contributed by atoms with E-state index in [0.29, 0.717) is 52.4 Å². The highest BCUT2D eigenvalue weighted by Crippen LogP contribution is 2.21. The fourth-order valence-electron chi connectivity index (χ4n) is 11.7. The maximum atomic E-state index is 15.3. The molecule has 34 nitrogen and oxygen atoms in total. The lowest BCUT2D eigenvalue weighted by atomic mass is 9.99. The van der Waals surface area contributed by atoms with Crippen LogP contribution in [-0.4, -0.2) is 225 Å². The van der Waals surface area contributed by atoms with Gasteiger partial charge in [-0.15, -0.1) is 0 Å². The first kappa shape index (κ1) is 93.1. The molecule has 0 aliphatic rings. The van der Waals surface area contributed by atoms with Crippen LogP contribution < -0.4 is 86.3 Å². The number of aliphatic hydroxyl groups is 2. The molecule has 5 rings (SSSR count). The number of benzene rings is 4. The van der Waals surface area contributed by atoms with E-state index in [1.165, 1.54) is 20.8 Å². The Morgan fingerprint density at radius 3 is 1.14 bits per heavy atom. The normalized spacial score (nSPS) is 15.2. The van der Waals surface area contributed by atoms with E-state index in [1.807, 2.05) is 0 Å². The number of carbonyl (C=O) groups is 14. The SMILES string of the molecule is CC(C)[C@H](NC(=O)[C@H](CCCCN)NC(=O)[C@@H](Cc1c[nH]c2ccccc12)NC(=O)[C@H](Cc1ccccc1)NC(=O)[C@H](Cc1ccccc1)NC(=O)[C@H](C)NC(=O)[C@H](CCCCN)NC(=O)[C@H](CS)NC(=O)[C@@H](C)NC(=O)[C@H](C)N)C(=O)N[C@H](Cc1ccccc1)C(=O)N[C@H](C(=O)N[C@@H](CO)C(=O)N[C@@H](CS)C(=O)O)C(C)O. The van der Waals surface area contributed by atoms with E-state index < -0.39 is 186 Å². The van der Waals surface area contributed by atoms with Crippen molar-refractivity contribution in [3.8, 4) is 0 Å². The number of nitrogens with two attached hydrogens (primary N) is 3. The van der Waals surface area contributed by atoms with Crippen molar-refractivity contribution < 1.29 is 82.4 Å². The number of unbranched alkanes of at least 4 members (excludes halogenated alkanes) is 2. The first-order chi connectivity index (χ1) is 53.8. The summed E-state index contributed by atoms with van der Waals surface area (Å²) in [7, 11) is 0. The van der Waals surface area contributed by atoms with E-state index in [2.05, 4.69) is 99.4 Å². The van der Waals surface area contributed by atoms with Gasteiger partial charge in [0, 0.05) is 54.3 Å². The number of aliphatic carboxylic acids is 1. The Bertz CT molecular complexity index is 3990. The van der Waals surface area contributed by atoms with Gasteiger partial charge in [0.15, 0.2) is 0 Å². The minimum atomic E-state index is -1.83. The molecular weight excluding hydrogens is 1500 g/mol. The zero-order chi connectivity index (χ0) is 83.4. The predicted octanol–water partition coefficient (Wildman–Crippen LogP) is -2.64. The Kier molecular flexibility index (Phi) is 39.4. The molecule has 4 aromatic carbocycles. The van der Waals surface area contributed by atoms with Crippen molar-refractivity contribution >= 4 is 119 Å². The summed E-state index contributed by atoms with van der Waals surface area (Å²) >= 11 is 8.15. The molecule has 0 bridgehead atoms. The molecule has 15 atom stereocenters. The molecule has 0 spiro atoms. The third-order valence-corrected chi connectivity index (χ3v) is 19.0. The fraction of sp³-hybridized carbons (Fsp3) is 0.481. The van der Waals surface area contributed by atoms with Crippen molar-refractivity contribution in [3.05, 3.63) is 144 Å². The number of aliphatic hydroxyl groups excluding tert-OH is 2. The molecule has 1 unspecified atom stereocenters. The van der Waals surface area contributed by atoms with Crippen molar-refractivity contribution in [3.63, 3.8) is 0 Å². The number of nitrogens with one attached hydrogen (secondary N) is 14. The molecule has 0 saturated carbocycles. The predicted molar refractivity (Wildman–Crippen MR) is 427 cm³/mol. The summed E-state index contributed by atoms with van der Waals surface area (Å²) in [5.41, 5.74) is 20.2. The fourth-order valence-corrected chi connectivity index (χ4v) is 12.2. The van der Waals surface area contributed by atoms with E-state index in [1.54, 1.807) is 135 Å². The minimum absolute atomic E-state index is 0.0421. The smallest absolute Gasteiger partial charge is 0.327 e. The largest absolute Gasteiger partial charge is 0.480 e. The lowest BCUT2D eigenvalue weighted by Gasteiger charge is -2.30. The van der Waals surface area contributed by atoms with Crippen molar-refractivity contribution in [2.45, 2.75) is 196 Å². The van der Waals surface area contributed by atoms with Crippen LogP contribution in [0.5, 0.6) is 0 Å². The monoisotopic (exact) mass is 1610 g/mol. The molecule has 1 aromatic heterocycles. The first-order valence-corrected chi connectivity index (χ1v) is 38.6. The molecule has 36 heteroatoms. The van der Waals surface area contributed by atoms with Gasteiger partial charge >= 0.3 is 5.97 Å². The quantitative estimate of drug-likeness (QED) is 0.0140. The number of H-pyrrole nitrogens is 1. The van der Waals surface area contributed by atoms with Gasteiger partial charge in [-0.2, -0.15) is 25.3 Å². The average molecular weight is 1610 g/mol. The number of carboxylic acid groups (broad SMARTS) is 1. The summed E-state index contributed by atoms with van der Waals surface area (Å²) < 4.78 is 0. The van der Waals surface area contributed by atoms with Gasteiger partial charge < -0.3 is 107 Å². The van der Waals surface area contributed by atoms with Crippen LogP contribution in [0.2, 0.25) is 0 Å². The first-order valence-electron chi connectivity index (χ1n) is 37.3. The molecule has 113 heavy (non-hydrogen) atoms. The van der Waals surface area contributed by atoms with Crippen LogP contribution in [0.3, 0.4) is 0 Å². The van der Waals surface area contributed by atoms with E-state index in [-0.39, 0.29) is 69.5 Å². The third kappa shape index (κ3) is 30.5. The lowest BCUT2D eigenvalue weighted by molar-refractivity contribution is -0.142. The van der Waals surface area contributed by atoms with E-state index >= 15 is 14.4 Å². The van der Waals surface area contributed by atoms with Crippen LogP contribution in [-0.2, 0) is 92.8 Å². The highest BCUT2D eigenvalue weighted by molar-refractivity contribution is 7.80. The highest BCUT2D eigenvalue weighted by atomic mass is 32.1. The average Bonchev–Trinajstić information content (AvgIpc) is 1.57. The molecule has 0 saturated heterocycles. The Balaban J connectivity index is 1.44. The van der Waals surface area contributed by atoms with Crippen LogP contribution in [0.1, 0.15) is 102 Å². The van der Waals surface area contributed by atoms with Crippen LogP contribution >= 0.6 is 25.3 Å². The standard InChI is InChI=1S/C77H109N17O17S2/c1-42(2)62(75(108)89-57(36-49-26-14-9-15-27-49)72(105)94-63(46(6)96)76(109)90-59(39-95)73(106)92-61(41-113)77(110)111)93-68(101)54(31-19-21-33-79)84-71(104)58(37-50-38-81-52-29-17-16-28-51(50)52)88-70(103)56(35-48-24-12-8-13-25-48)87-69(102)55(34-47-22-10-7-11-23-47)86-65(98)45(5)83-67(100)53(30-18-20-32-78)85-74(107)60(40-112)91-66(99)44(4)82-64(97)43(3)80/h7-17,22-29,38,42-46,53-63,81,95-96,112-113H,18-21,30-37,39-41,78-80H2,1-6H3,(H,82,97)(H,83,100)(H,84,104)(H,85,107)(H,86,98)(H,87,102)(H,88,103)(H,89,108)(H,90,109)(H,91,99)(H,92,106)(H,93,101)(H,94,105)(H,110,111)/t43-,44+,45-,46?,53-,54-,55-,56-,57+,58+,59-,60-,61-,62-,63-/m0/s1. The summed E-state index contributed by atoms with van der Waals surface area (Å²) in [5.74, 6) is -14.3. The molecular formula is C77H109N17O17S2. The van der Waals surface area contributed by atoms with Gasteiger partial charge in [0.2, 0.25) is 76.8 Å². The van der Waals surface area contributed by atoms with E-state index in [4.69, 9.17) is 17.2 Å². The molecule has 0 aliphatic carbocycles. The van der Waals surface area contributed by atoms with Gasteiger partial charge in [0.25, 0.3) is 0 Å². The van der Waals surface area contributed by atoms with Gasteiger partial charge in [0.05, 0.1) is 18.8 Å². The number of carbonyl (C=O) groups excluding carboxylic acids is 13. The lowest BCUT2D eigenvalue weighted by Crippen LogP contribution is -2.63. The van der Waals surface area contributed by atoms with Gasteiger partial charge in [-0.25, -0.2) is 4.79 Å². The number of carboxylic acids is 1. The molecule has 0 aliphatic heterocycles. The van der Waals surface area contributed by atoms with Crippen molar-refractivity contribution in [2.24, 2.45) is 23.1 Å². The second-order valence-corrected chi connectivity index (χ2v) is 28.6. The summed E-state index contributed by atoms with van der Waals surface area (Å²) in [6, 6.07) is 12.7. The molecule has 5 aromatic rings. The van der Waals surface area contributed by atoms with Gasteiger partial charge in [-0.3, -0.25) is 62.3 Å². The highest BCUT2D eigenvalue weighted by Gasteiger charge is 2.39. The van der Waals surface area contributed by atoms with Crippen molar-refractivity contribution in [2.75, 3.05) is 31.2 Å². The summed E-state index contributed by atoms with van der Waals surface area (Å²) in [5, 5.41) is 64.5. The van der Waals surface area contributed by atoms with Gasteiger partial charge in [-0.05, 0) is 114 Å². The van der Waals surface area contributed by atoms with Crippen LogP contribution in [0.25, 0.3) is 10.9 Å². The number of hydrogen-bond acceptors (Lipinski definition) is 21. The molecule has 23 N–H and O–H groups in total. The zero-order valence-electron chi connectivity index (χ0n) is 64.1. The number of fused-ring (bicyclic) bond motifs is 1. The minimum Gasteiger partial charge on any atom is -0.480 e. The van der Waals surface area contributed by atoms with Crippen LogP contribution in [0.4, 0.5) is 0 Å². The molecule has 0 fully saturated rings. The molecule has 0 radical (unpaired) electrons. The van der Waals surface area contributed by atoms with E-state index in [9.17, 15) is 68.1 Å². The Morgan fingerprint density at radius 2 is 0.717 bits per heavy atom. The summed E-state index contributed by atoms with van der Waals surface area (Å²) in [6.45, 7) is 7.92. The van der Waals surface area contributed by atoms with E-state index in [0.717, 1.165) is 6.92 Å². The molecule has 616 valence electrons. The van der Waals surface area contributed by atoms with Crippen molar-refractivity contribution in [1.82, 2.24) is 74.1 Å². The number of thiol groups is 2.